The predicted molar refractivity (Wildman–Crippen MR) is 135 cm³/mol. The molecule has 34 heavy (non-hydrogen) atoms. The molecule has 4 rings (SSSR count). The van der Waals surface area contributed by atoms with Gasteiger partial charge in [0.2, 0.25) is 0 Å². The fourth-order valence-corrected chi connectivity index (χ4v) is 3.90. The zero-order valence-corrected chi connectivity index (χ0v) is 20.1. The van der Waals surface area contributed by atoms with Crippen LogP contribution in [0.5, 0.6) is 0 Å². The normalized spacial score (nSPS) is 11.0. The van der Waals surface area contributed by atoms with Gasteiger partial charge in [-0.05, 0) is 62.2 Å². The number of hydrogen-bond acceptors (Lipinski definition) is 4. The summed E-state index contributed by atoms with van der Waals surface area (Å²) < 4.78 is 5.18. The maximum Gasteiger partial charge on any atom is 0.258 e. The third-order valence-corrected chi connectivity index (χ3v) is 5.98. The van der Waals surface area contributed by atoms with E-state index in [1.54, 1.807) is 37.4 Å². The van der Waals surface area contributed by atoms with Crippen molar-refractivity contribution in [2.24, 2.45) is 0 Å². The smallest absolute Gasteiger partial charge is 0.258 e. The third-order valence-electron chi connectivity index (χ3n) is 5.57. The summed E-state index contributed by atoms with van der Waals surface area (Å²) in [4.78, 5) is 34.0. The Balaban J connectivity index is 1.74. The van der Waals surface area contributed by atoms with E-state index < -0.39 is 0 Å². The highest BCUT2D eigenvalue weighted by Crippen LogP contribution is 2.27. The van der Waals surface area contributed by atoms with Crippen LogP contribution in [0, 0.1) is 20.8 Å². The van der Waals surface area contributed by atoms with Gasteiger partial charge < -0.3 is 20.4 Å². The van der Waals surface area contributed by atoms with Crippen LogP contribution in [0.1, 0.15) is 43.2 Å². The van der Waals surface area contributed by atoms with Crippen molar-refractivity contribution in [1.82, 2.24) is 9.97 Å². The van der Waals surface area contributed by atoms with Gasteiger partial charge in [-0.3, -0.25) is 9.59 Å². The monoisotopic (exact) mass is 476 g/mol. The number of benzene rings is 3. The van der Waals surface area contributed by atoms with Crippen molar-refractivity contribution in [3.63, 3.8) is 0 Å². The van der Waals surface area contributed by atoms with E-state index in [2.05, 4.69) is 20.6 Å². The minimum atomic E-state index is -0.367. The van der Waals surface area contributed by atoms with Gasteiger partial charge in [0, 0.05) is 29.1 Å². The summed E-state index contributed by atoms with van der Waals surface area (Å²) in [5.41, 5.74) is 5.66. The van der Waals surface area contributed by atoms with Gasteiger partial charge in [0.05, 0.1) is 11.1 Å². The number of hydrogen-bond donors (Lipinski definition) is 3. The van der Waals surface area contributed by atoms with Gasteiger partial charge in [-0.15, -0.1) is 0 Å². The number of H-pyrrole nitrogens is 1. The number of anilines is 2. The molecule has 4 aromatic rings. The van der Waals surface area contributed by atoms with Crippen LogP contribution in [-0.4, -0.2) is 28.9 Å². The molecule has 1 aromatic heterocycles. The van der Waals surface area contributed by atoms with Crippen LogP contribution in [0.15, 0.2) is 48.5 Å². The number of amides is 2. The number of aryl methyl sites for hydroxylation is 2. The van der Waals surface area contributed by atoms with Gasteiger partial charge in [-0.25, -0.2) is 4.98 Å². The Kier molecular flexibility index (Phi) is 6.68. The molecule has 0 fully saturated rings. The molecule has 0 unspecified atom stereocenters. The molecule has 3 aromatic carbocycles. The summed E-state index contributed by atoms with van der Waals surface area (Å²) in [6.07, 6.45) is 0. The quantitative estimate of drug-likeness (QED) is 0.328. The number of rotatable bonds is 6. The number of fused-ring (bicyclic) bond motifs is 1. The van der Waals surface area contributed by atoms with Crippen LogP contribution in [0.2, 0.25) is 5.02 Å². The number of aromatic amines is 1. The van der Waals surface area contributed by atoms with Crippen LogP contribution in [0.3, 0.4) is 0 Å². The molecule has 174 valence electrons. The van der Waals surface area contributed by atoms with Crippen molar-refractivity contribution >= 4 is 45.8 Å². The zero-order valence-electron chi connectivity index (χ0n) is 19.4. The molecule has 0 aliphatic heterocycles. The lowest BCUT2D eigenvalue weighted by molar-refractivity contribution is 0.101. The number of nitrogens with one attached hydrogen (secondary N) is 3. The average Bonchev–Trinajstić information content (AvgIpc) is 3.20. The number of nitrogens with zero attached hydrogens (tertiary/aromatic N) is 1. The maximum absolute atomic E-state index is 13.3. The lowest BCUT2D eigenvalue weighted by Gasteiger charge is -2.12. The largest absolute Gasteiger partial charge is 0.377 e. The van der Waals surface area contributed by atoms with E-state index in [9.17, 15) is 9.59 Å². The molecule has 0 radical (unpaired) electrons. The number of halogens is 1. The predicted octanol–water partition coefficient (Wildman–Crippen LogP) is 5.79. The molecule has 0 saturated heterocycles. The second kappa shape index (κ2) is 9.67. The first kappa shape index (κ1) is 23.5. The SMILES string of the molecule is COCc1nc2c(C(=O)Nc3cccc(Cl)c3C)cc(NC(=O)c3cc(C)ccc3C)cc2[nH]1. The summed E-state index contributed by atoms with van der Waals surface area (Å²) in [6, 6.07) is 14.4. The van der Waals surface area contributed by atoms with Gasteiger partial charge in [0.1, 0.15) is 17.9 Å². The molecule has 1 heterocycles. The van der Waals surface area contributed by atoms with E-state index in [-0.39, 0.29) is 18.4 Å². The summed E-state index contributed by atoms with van der Waals surface area (Å²) in [7, 11) is 1.57. The second-order valence-corrected chi connectivity index (χ2v) is 8.58. The fourth-order valence-electron chi connectivity index (χ4n) is 3.73. The lowest BCUT2D eigenvalue weighted by atomic mass is 10.0. The van der Waals surface area contributed by atoms with Crippen LogP contribution >= 0.6 is 11.6 Å². The van der Waals surface area contributed by atoms with Gasteiger partial charge in [0.15, 0.2) is 0 Å². The van der Waals surface area contributed by atoms with Gasteiger partial charge >= 0.3 is 0 Å². The summed E-state index contributed by atoms with van der Waals surface area (Å²) in [6.45, 7) is 5.91. The van der Waals surface area contributed by atoms with Crippen molar-refractivity contribution < 1.29 is 14.3 Å². The Morgan fingerprint density at radius 2 is 1.76 bits per heavy atom. The summed E-state index contributed by atoms with van der Waals surface area (Å²) in [5.74, 6) is -0.0496. The molecular formula is C26H25ClN4O3. The van der Waals surface area contributed by atoms with Crippen molar-refractivity contribution in [3.05, 3.63) is 87.2 Å². The minimum absolute atomic E-state index is 0.255. The first-order valence-corrected chi connectivity index (χ1v) is 11.1. The Hall–Kier alpha value is -3.68. The molecule has 2 amide bonds. The van der Waals surface area contributed by atoms with E-state index >= 15 is 0 Å². The Morgan fingerprint density at radius 1 is 1.00 bits per heavy atom. The van der Waals surface area contributed by atoms with E-state index in [0.29, 0.717) is 44.4 Å². The first-order valence-electron chi connectivity index (χ1n) is 10.7. The third kappa shape index (κ3) is 4.81. The van der Waals surface area contributed by atoms with Crippen LogP contribution in [0.25, 0.3) is 11.0 Å². The lowest BCUT2D eigenvalue weighted by Crippen LogP contribution is -2.16. The standard InChI is InChI=1S/C26H25ClN4O3/c1-14-8-9-15(2)18(10-14)25(32)28-17-11-19(24-22(12-17)29-23(31-24)13-34-4)26(33)30-21-7-5-6-20(27)16(21)3/h5-12H,13H2,1-4H3,(H,28,32)(H,29,31)(H,30,33). The molecule has 7 nitrogen and oxygen atoms in total. The highest BCUT2D eigenvalue weighted by molar-refractivity contribution is 6.31. The van der Waals surface area contributed by atoms with Crippen molar-refractivity contribution in [2.45, 2.75) is 27.4 Å². The molecule has 3 N–H and O–H groups in total. The number of carbonyl (C=O) groups excluding carboxylic acids is 2. The Labute approximate surface area is 202 Å². The minimum Gasteiger partial charge on any atom is -0.377 e. The molecule has 0 aliphatic rings. The molecule has 0 atom stereocenters. The molecule has 8 heteroatoms. The summed E-state index contributed by atoms with van der Waals surface area (Å²) in [5, 5.41) is 6.38. The highest BCUT2D eigenvalue weighted by atomic mass is 35.5. The molecular weight excluding hydrogens is 452 g/mol. The van der Waals surface area contributed by atoms with Crippen molar-refractivity contribution in [3.8, 4) is 0 Å². The van der Waals surface area contributed by atoms with Gasteiger partial charge in [0.25, 0.3) is 11.8 Å². The zero-order chi connectivity index (χ0) is 24.4. The number of imidazole rings is 1. The van der Waals surface area contributed by atoms with Crippen LogP contribution < -0.4 is 10.6 Å². The van der Waals surface area contributed by atoms with Crippen molar-refractivity contribution in [1.29, 1.82) is 0 Å². The first-order chi connectivity index (χ1) is 16.3. The second-order valence-electron chi connectivity index (χ2n) is 8.18. The van der Waals surface area contributed by atoms with Crippen molar-refractivity contribution in [2.75, 3.05) is 17.7 Å². The average molecular weight is 477 g/mol. The molecule has 0 bridgehead atoms. The Bertz CT molecular complexity index is 1410. The van der Waals surface area contributed by atoms with Gasteiger partial charge in [-0.2, -0.15) is 0 Å². The van der Waals surface area contributed by atoms with E-state index in [1.807, 2.05) is 39.0 Å². The van der Waals surface area contributed by atoms with Gasteiger partial charge in [-0.1, -0.05) is 35.4 Å². The number of carbonyl (C=O) groups is 2. The Morgan fingerprint density at radius 3 is 2.53 bits per heavy atom. The number of aromatic nitrogens is 2. The van der Waals surface area contributed by atoms with Crippen LogP contribution in [-0.2, 0) is 11.3 Å². The molecule has 0 aliphatic carbocycles. The topological polar surface area (TPSA) is 96.1 Å². The van der Waals surface area contributed by atoms with Crippen LogP contribution in [0.4, 0.5) is 11.4 Å². The maximum atomic E-state index is 13.3. The summed E-state index contributed by atoms with van der Waals surface area (Å²) >= 11 is 6.21. The molecule has 0 saturated carbocycles. The fraction of sp³-hybridized carbons (Fsp3) is 0.192. The van der Waals surface area contributed by atoms with E-state index in [1.165, 1.54) is 0 Å². The van der Waals surface area contributed by atoms with E-state index in [4.69, 9.17) is 16.3 Å². The molecule has 0 spiro atoms. The number of ether oxygens (including phenoxy) is 1. The highest BCUT2D eigenvalue weighted by Gasteiger charge is 2.19. The van der Waals surface area contributed by atoms with E-state index in [0.717, 1.165) is 16.7 Å². The number of methoxy groups -OCH3 is 1.